The summed E-state index contributed by atoms with van der Waals surface area (Å²) in [4.78, 5) is 24.9. The van der Waals surface area contributed by atoms with Gasteiger partial charge in [-0.05, 0) is 48.9 Å². The van der Waals surface area contributed by atoms with Crippen LogP contribution in [0.2, 0.25) is 0 Å². The van der Waals surface area contributed by atoms with Crippen LogP contribution in [0.1, 0.15) is 37.4 Å². The fourth-order valence-electron chi connectivity index (χ4n) is 2.16. The van der Waals surface area contributed by atoms with Crippen molar-refractivity contribution in [3.63, 3.8) is 0 Å². The molecule has 1 heterocycles. The summed E-state index contributed by atoms with van der Waals surface area (Å²) in [7, 11) is 0. The third kappa shape index (κ3) is 4.66. The van der Waals surface area contributed by atoms with Crippen molar-refractivity contribution in [3.05, 3.63) is 76.3 Å². The predicted octanol–water partition coefficient (Wildman–Crippen LogP) is 5.50. The Labute approximate surface area is 169 Å². The standard InChI is InChI=1S/C20H14N2O2S3/c1-12-3-7-14(8-4-12)18(23)25-17-16(11-21)20(27-22-17)26-19(24)15-9-5-13(2)6-10-15/h3-10H,1-2H3. The SMILES string of the molecule is Cc1ccc(C(=O)Sc2nsc(SC(=O)c3ccc(C)cc3)c2C#N)cc1. The highest BCUT2D eigenvalue weighted by Crippen LogP contribution is 2.36. The Bertz CT molecular complexity index is 956. The number of hydrogen-bond donors (Lipinski definition) is 0. The van der Waals surface area contributed by atoms with Crippen LogP contribution >= 0.6 is 35.1 Å². The van der Waals surface area contributed by atoms with E-state index < -0.39 is 0 Å². The number of thioether (sulfide) groups is 2. The number of nitriles is 1. The Morgan fingerprint density at radius 1 is 0.889 bits per heavy atom. The zero-order chi connectivity index (χ0) is 19.4. The van der Waals surface area contributed by atoms with Crippen molar-refractivity contribution in [1.29, 1.82) is 5.26 Å². The van der Waals surface area contributed by atoms with E-state index in [1.807, 2.05) is 38.1 Å². The van der Waals surface area contributed by atoms with Gasteiger partial charge < -0.3 is 0 Å². The van der Waals surface area contributed by atoms with Gasteiger partial charge in [0.2, 0.25) is 10.2 Å². The van der Waals surface area contributed by atoms with Crippen molar-refractivity contribution >= 4 is 45.3 Å². The summed E-state index contributed by atoms with van der Waals surface area (Å²) in [6.07, 6.45) is 0. The summed E-state index contributed by atoms with van der Waals surface area (Å²) in [6, 6.07) is 16.6. The second kappa shape index (κ2) is 8.53. The van der Waals surface area contributed by atoms with Crippen LogP contribution in [0, 0.1) is 25.2 Å². The average molecular weight is 411 g/mol. The quantitative estimate of drug-likeness (QED) is 0.529. The minimum atomic E-state index is -0.182. The lowest BCUT2D eigenvalue weighted by atomic mass is 10.2. The second-order valence-electron chi connectivity index (χ2n) is 5.77. The number of aromatic nitrogens is 1. The van der Waals surface area contributed by atoms with Gasteiger partial charge in [-0.15, -0.1) is 0 Å². The largest absolute Gasteiger partial charge is 0.281 e. The van der Waals surface area contributed by atoms with Crippen LogP contribution in [-0.4, -0.2) is 14.6 Å². The number of rotatable bonds is 4. The molecular formula is C20H14N2O2S3. The molecule has 2 aromatic carbocycles. The highest BCUT2D eigenvalue weighted by Gasteiger charge is 2.21. The van der Waals surface area contributed by atoms with Gasteiger partial charge in [0, 0.05) is 11.1 Å². The van der Waals surface area contributed by atoms with Gasteiger partial charge in [-0.2, -0.15) is 9.64 Å². The van der Waals surface area contributed by atoms with Crippen molar-refractivity contribution in [2.75, 3.05) is 0 Å². The Morgan fingerprint density at radius 3 is 1.85 bits per heavy atom. The smallest absolute Gasteiger partial charge is 0.225 e. The Balaban J connectivity index is 1.77. The van der Waals surface area contributed by atoms with E-state index in [1.54, 1.807) is 24.3 Å². The number of benzene rings is 2. The minimum absolute atomic E-state index is 0.156. The lowest BCUT2D eigenvalue weighted by molar-refractivity contribution is 0.108. The predicted molar refractivity (Wildman–Crippen MR) is 110 cm³/mol. The number of carbonyl (C=O) groups excluding carboxylic acids is 2. The second-order valence-corrected chi connectivity index (χ2v) is 8.75. The molecule has 0 saturated heterocycles. The molecule has 0 bridgehead atoms. The third-order valence-electron chi connectivity index (χ3n) is 3.69. The summed E-state index contributed by atoms with van der Waals surface area (Å²) in [5.41, 5.74) is 3.52. The molecule has 0 fully saturated rings. The number of aryl methyl sites for hydroxylation is 2. The van der Waals surface area contributed by atoms with Gasteiger partial charge in [0.1, 0.15) is 20.9 Å². The Kier molecular flexibility index (Phi) is 6.11. The van der Waals surface area contributed by atoms with Crippen LogP contribution in [0.15, 0.2) is 57.8 Å². The first-order valence-electron chi connectivity index (χ1n) is 7.95. The molecule has 0 amide bonds. The molecule has 0 radical (unpaired) electrons. The van der Waals surface area contributed by atoms with Gasteiger partial charge in [0.15, 0.2) is 0 Å². The lowest BCUT2D eigenvalue weighted by Gasteiger charge is -2.01. The monoisotopic (exact) mass is 410 g/mol. The first-order valence-corrected chi connectivity index (χ1v) is 10.4. The third-order valence-corrected chi connectivity index (χ3v) is 6.64. The zero-order valence-electron chi connectivity index (χ0n) is 14.6. The van der Waals surface area contributed by atoms with E-state index in [9.17, 15) is 14.9 Å². The van der Waals surface area contributed by atoms with Crippen molar-refractivity contribution in [3.8, 4) is 6.07 Å². The molecule has 0 unspecified atom stereocenters. The maximum Gasteiger partial charge on any atom is 0.225 e. The summed E-state index contributed by atoms with van der Waals surface area (Å²) in [6.45, 7) is 3.90. The van der Waals surface area contributed by atoms with E-state index in [-0.39, 0.29) is 15.8 Å². The first kappa shape index (κ1) is 19.4. The normalized spacial score (nSPS) is 10.4. The van der Waals surface area contributed by atoms with E-state index in [0.717, 1.165) is 46.2 Å². The molecule has 3 aromatic rings. The average Bonchev–Trinajstić information content (AvgIpc) is 3.03. The molecule has 1 aromatic heterocycles. The maximum atomic E-state index is 12.4. The van der Waals surface area contributed by atoms with Crippen LogP contribution in [0.25, 0.3) is 0 Å². The molecule has 0 aliphatic rings. The zero-order valence-corrected chi connectivity index (χ0v) is 17.0. The summed E-state index contributed by atoms with van der Waals surface area (Å²) in [5, 5.41) is 9.50. The van der Waals surface area contributed by atoms with Gasteiger partial charge in [0.05, 0.1) is 0 Å². The van der Waals surface area contributed by atoms with Gasteiger partial charge in [-0.3, -0.25) is 9.59 Å². The van der Waals surface area contributed by atoms with E-state index >= 15 is 0 Å². The van der Waals surface area contributed by atoms with Gasteiger partial charge in [-0.1, -0.05) is 59.7 Å². The summed E-state index contributed by atoms with van der Waals surface area (Å²) >= 11 is 2.95. The molecular weight excluding hydrogens is 396 g/mol. The molecule has 134 valence electrons. The van der Waals surface area contributed by atoms with Crippen molar-refractivity contribution in [1.82, 2.24) is 4.37 Å². The number of hydrogen-bond acceptors (Lipinski definition) is 7. The molecule has 3 rings (SSSR count). The fourth-order valence-corrected chi connectivity index (χ4v) is 4.88. The Hall–Kier alpha value is -2.40. The molecule has 0 saturated carbocycles. The molecule has 0 aliphatic heterocycles. The highest BCUT2D eigenvalue weighted by molar-refractivity contribution is 8.16. The molecule has 4 nitrogen and oxygen atoms in total. The molecule has 0 aliphatic carbocycles. The molecule has 7 heteroatoms. The molecule has 0 atom stereocenters. The van der Waals surface area contributed by atoms with Crippen molar-refractivity contribution < 1.29 is 9.59 Å². The van der Waals surface area contributed by atoms with Crippen LogP contribution in [-0.2, 0) is 0 Å². The van der Waals surface area contributed by atoms with Gasteiger partial charge >= 0.3 is 0 Å². The summed E-state index contributed by atoms with van der Waals surface area (Å²) < 4.78 is 4.72. The van der Waals surface area contributed by atoms with E-state index in [2.05, 4.69) is 10.4 Å². The fraction of sp³-hybridized carbons (Fsp3) is 0.100. The van der Waals surface area contributed by atoms with Crippen LogP contribution < -0.4 is 0 Å². The van der Waals surface area contributed by atoms with E-state index in [0.29, 0.717) is 20.4 Å². The van der Waals surface area contributed by atoms with E-state index in [1.165, 1.54) is 0 Å². The van der Waals surface area contributed by atoms with Crippen LogP contribution in [0.3, 0.4) is 0 Å². The molecule has 0 N–H and O–H groups in total. The van der Waals surface area contributed by atoms with Crippen LogP contribution in [0.5, 0.6) is 0 Å². The maximum absolute atomic E-state index is 12.4. The Morgan fingerprint density at radius 2 is 1.37 bits per heavy atom. The van der Waals surface area contributed by atoms with Crippen LogP contribution in [0.4, 0.5) is 0 Å². The van der Waals surface area contributed by atoms with Crippen molar-refractivity contribution in [2.45, 2.75) is 23.1 Å². The number of nitrogens with zero attached hydrogens (tertiary/aromatic N) is 2. The van der Waals surface area contributed by atoms with Gasteiger partial charge in [-0.25, -0.2) is 0 Å². The minimum Gasteiger partial charge on any atom is -0.281 e. The highest BCUT2D eigenvalue weighted by atomic mass is 32.2. The topological polar surface area (TPSA) is 70.8 Å². The molecule has 27 heavy (non-hydrogen) atoms. The van der Waals surface area contributed by atoms with Crippen molar-refractivity contribution in [2.24, 2.45) is 0 Å². The molecule has 0 spiro atoms. The van der Waals surface area contributed by atoms with E-state index in [4.69, 9.17) is 0 Å². The first-order chi connectivity index (χ1) is 13.0. The lowest BCUT2D eigenvalue weighted by Crippen LogP contribution is -1.95. The summed E-state index contributed by atoms with van der Waals surface area (Å²) in [5.74, 6) is 0. The number of carbonyl (C=O) groups is 2. The van der Waals surface area contributed by atoms with Gasteiger partial charge in [0.25, 0.3) is 0 Å².